The fourth-order valence-electron chi connectivity index (χ4n) is 3.07. The van der Waals surface area contributed by atoms with E-state index in [0.29, 0.717) is 12.8 Å². The Morgan fingerprint density at radius 1 is 1.33 bits per heavy atom. The molecule has 1 aromatic rings. The van der Waals surface area contributed by atoms with Crippen molar-refractivity contribution in [3.05, 3.63) is 24.3 Å². The normalized spacial score (nSPS) is 21.8. The molecule has 1 unspecified atom stereocenters. The second kappa shape index (κ2) is 6.26. The zero-order chi connectivity index (χ0) is 14.7. The molecule has 0 radical (unpaired) electrons. The number of nitrogens with one attached hydrogen (secondary N) is 2. The van der Waals surface area contributed by atoms with Gasteiger partial charge < -0.3 is 15.5 Å². The fourth-order valence-corrected chi connectivity index (χ4v) is 3.07. The molecular formula is C16H21N3O2. The number of nitrogens with zero attached hydrogens (tertiary/aromatic N) is 1. The van der Waals surface area contributed by atoms with Gasteiger partial charge in [0, 0.05) is 25.4 Å². The van der Waals surface area contributed by atoms with Gasteiger partial charge in [-0.15, -0.1) is 0 Å². The van der Waals surface area contributed by atoms with E-state index < -0.39 is 0 Å². The summed E-state index contributed by atoms with van der Waals surface area (Å²) in [7, 11) is 0. The first-order valence-electron chi connectivity index (χ1n) is 7.66. The van der Waals surface area contributed by atoms with Gasteiger partial charge in [0.15, 0.2) is 0 Å². The van der Waals surface area contributed by atoms with Crippen LogP contribution in [0.25, 0.3) is 0 Å². The molecule has 2 heterocycles. The molecule has 2 saturated heterocycles. The number of amides is 2. The summed E-state index contributed by atoms with van der Waals surface area (Å²) in [6, 6.07) is 7.82. The largest absolute Gasteiger partial charge is 0.324 e. The minimum atomic E-state index is 0.00787. The first kappa shape index (κ1) is 14.1. The van der Waals surface area contributed by atoms with Gasteiger partial charge in [-0.3, -0.25) is 9.59 Å². The van der Waals surface area contributed by atoms with Gasteiger partial charge in [0.25, 0.3) is 0 Å². The van der Waals surface area contributed by atoms with E-state index in [4.69, 9.17) is 0 Å². The van der Waals surface area contributed by atoms with Crippen molar-refractivity contribution in [1.82, 2.24) is 5.32 Å². The Balaban J connectivity index is 1.69. The van der Waals surface area contributed by atoms with E-state index in [1.807, 2.05) is 24.3 Å². The maximum atomic E-state index is 12.2. The van der Waals surface area contributed by atoms with Gasteiger partial charge >= 0.3 is 0 Å². The third-order valence-electron chi connectivity index (χ3n) is 4.14. The highest BCUT2D eigenvalue weighted by atomic mass is 16.2. The summed E-state index contributed by atoms with van der Waals surface area (Å²) in [5.41, 5.74) is 1.54. The van der Waals surface area contributed by atoms with E-state index in [-0.39, 0.29) is 17.9 Å². The van der Waals surface area contributed by atoms with Crippen LogP contribution in [0.4, 0.5) is 11.4 Å². The molecule has 112 valence electrons. The molecule has 21 heavy (non-hydrogen) atoms. The van der Waals surface area contributed by atoms with Crippen LogP contribution in [-0.4, -0.2) is 30.9 Å². The van der Waals surface area contributed by atoms with Crippen LogP contribution >= 0.6 is 0 Å². The third-order valence-corrected chi connectivity index (χ3v) is 4.14. The Labute approximate surface area is 124 Å². The average Bonchev–Trinajstić information content (AvgIpc) is 3.11. The Hall–Kier alpha value is -1.88. The molecular weight excluding hydrogens is 266 g/mol. The highest BCUT2D eigenvalue weighted by Crippen LogP contribution is 2.29. The number of benzene rings is 1. The molecule has 2 aliphatic rings. The highest BCUT2D eigenvalue weighted by molar-refractivity contribution is 6.02. The lowest BCUT2D eigenvalue weighted by atomic mass is 10.1. The molecule has 5 heteroatoms. The van der Waals surface area contributed by atoms with Gasteiger partial charge in [-0.25, -0.2) is 0 Å². The predicted molar refractivity (Wildman–Crippen MR) is 82.3 cm³/mol. The van der Waals surface area contributed by atoms with E-state index in [1.165, 1.54) is 0 Å². The third kappa shape index (κ3) is 3.24. The van der Waals surface area contributed by atoms with Gasteiger partial charge in [-0.2, -0.15) is 0 Å². The smallest absolute Gasteiger partial charge is 0.227 e. The quantitative estimate of drug-likeness (QED) is 0.889. The van der Waals surface area contributed by atoms with Crippen LogP contribution < -0.4 is 15.5 Å². The molecule has 2 N–H and O–H groups in total. The van der Waals surface area contributed by atoms with Crippen LogP contribution in [0.1, 0.15) is 32.1 Å². The van der Waals surface area contributed by atoms with E-state index >= 15 is 0 Å². The molecule has 0 aromatic heterocycles. The van der Waals surface area contributed by atoms with E-state index in [9.17, 15) is 9.59 Å². The molecule has 5 nitrogen and oxygen atoms in total. The van der Waals surface area contributed by atoms with Crippen LogP contribution in [0.15, 0.2) is 24.3 Å². The SMILES string of the molecule is O=C(CC1CCCN1)Nc1ccccc1N1CCCC1=O. The second-order valence-electron chi connectivity index (χ2n) is 5.71. The Kier molecular flexibility index (Phi) is 4.20. The van der Waals surface area contributed by atoms with Gasteiger partial charge in [-0.1, -0.05) is 12.1 Å². The van der Waals surface area contributed by atoms with E-state index in [1.54, 1.807) is 4.90 Å². The summed E-state index contributed by atoms with van der Waals surface area (Å²) in [5, 5.41) is 6.29. The summed E-state index contributed by atoms with van der Waals surface area (Å²) in [4.78, 5) is 25.8. The minimum absolute atomic E-state index is 0.00787. The standard InChI is InChI=1S/C16H21N3O2/c20-15(11-12-5-3-9-17-12)18-13-6-1-2-7-14(13)19-10-4-8-16(19)21/h1-2,6-7,12,17H,3-5,8-11H2,(H,18,20). The zero-order valence-electron chi connectivity index (χ0n) is 12.1. The molecule has 2 aliphatic heterocycles. The minimum Gasteiger partial charge on any atom is -0.324 e. The molecule has 1 aromatic carbocycles. The lowest BCUT2D eigenvalue weighted by Crippen LogP contribution is -2.29. The number of rotatable bonds is 4. The maximum Gasteiger partial charge on any atom is 0.227 e. The Morgan fingerprint density at radius 2 is 2.19 bits per heavy atom. The Morgan fingerprint density at radius 3 is 2.90 bits per heavy atom. The number of para-hydroxylation sites is 2. The fraction of sp³-hybridized carbons (Fsp3) is 0.500. The molecule has 0 spiro atoms. The van der Waals surface area contributed by atoms with Crippen molar-refractivity contribution in [2.75, 3.05) is 23.3 Å². The topological polar surface area (TPSA) is 61.4 Å². The summed E-state index contributed by atoms with van der Waals surface area (Å²) >= 11 is 0. The van der Waals surface area contributed by atoms with Gasteiger partial charge in [0.05, 0.1) is 11.4 Å². The molecule has 1 atom stereocenters. The number of anilines is 2. The van der Waals surface area contributed by atoms with Gasteiger partial charge in [0.1, 0.15) is 0 Å². The zero-order valence-corrected chi connectivity index (χ0v) is 12.1. The lowest BCUT2D eigenvalue weighted by molar-refractivity contribution is -0.117. The first-order chi connectivity index (χ1) is 10.2. The monoisotopic (exact) mass is 287 g/mol. The van der Waals surface area contributed by atoms with Crippen molar-refractivity contribution < 1.29 is 9.59 Å². The molecule has 0 saturated carbocycles. The van der Waals surface area contributed by atoms with Crippen LogP contribution in [0.2, 0.25) is 0 Å². The molecule has 0 aliphatic carbocycles. The van der Waals surface area contributed by atoms with Crippen molar-refractivity contribution in [1.29, 1.82) is 0 Å². The number of carbonyl (C=O) groups excluding carboxylic acids is 2. The van der Waals surface area contributed by atoms with E-state index in [2.05, 4.69) is 10.6 Å². The number of hydrogen-bond donors (Lipinski definition) is 2. The summed E-state index contributed by atoms with van der Waals surface area (Å²) < 4.78 is 0. The maximum absolute atomic E-state index is 12.2. The van der Waals surface area contributed by atoms with Crippen LogP contribution in [0, 0.1) is 0 Å². The lowest BCUT2D eigenvalue weighted by Gasteiger charge is -2.20. The van der Waals surface area contributed by atoms with Gasteiger partial charge in [-0.05, 0) is 37.9 Å². The van der Waals surface area contributed by atoms with Gasteiger partial charge in [0.2, 0.25) is 11.8 Å². The summed E-state index contributed by atoms with van der Waals surface area (Å²) in [5.74, 6) is 0.141. The first-order valence-corrected chi connectivity index (χ1v) is 7.66. The molecule has 3 rings (SSSR count). The van der Waals surface area contributed by atoms with Crippen molar-refractivity contribution in [3.63, 3.8) is 0 Å². The second-order valence-corrected chi connectivity index (χ2v) is 5.71. The number of carbonyl (C=O) groups is 2. The van der Waals surface area contributed by atoms with Crippen LogP contribution in [0.3, 0.4) is 0 Å². The van der Waals surface area contributed by atoms with Crippen LogP contribution in [-0.2, 0) is 9.59 Å². The summed E-state index contributed by atoms with van der Waals surface area (Å²) in [6.45, 7) is 1.73. The molecule has 2 fully saturated rings. The van der Waals surface area contributed by atoms with E-state index in [0.717, 1.165) is 43.7 Å². The van der Waals surface area contributed by atoms with Crippen molar-refractivity contribution in [3.8, 4) is 0 Å². The molecule has 0 bridgehead atoms. The Bertz CT molecular complexity index is 538. The van der Waals surface area contributed by atoms with Crippen molar-refractivity contribution in [2.45, 2.75) is 38.1 Å². The van der Waals surface area contributed by atoms with Crippen LogP contribution in [0.5, 0.6) is 0 Å². The highest BCUT2D eigenvalue weighted by Gasteiger charge is 2.24. The summed E-state index contributed by atoms with van der Waals surface area (Å²) in [6.07, 6.45) is 4.15. The van der Waals surface area contributed by atoms with Crippen molar-refractivity contribution >= 4 is 23.2 Å². The average molecular weight is 287 g/mol. The number of hydrogen-bond acceptors (Lipinski definition) is 3. The molecule has 2 amide bonds. The van der Waals surface area contributed by atoms with Crippen molar-refractivity contribution in [2.24, 2.45) is 0 Å². The predicted octanol–water partition coefficient (Wildman–Crippen LogP) is 1.89.